The minimum atomic E-state index is -0.723. The Labute approximate surface area is 200 Å². The van der Waals surface area contributed by atoms with Gasteiger partial charge in [0.1, 0.15) is 6.54 Å². The van der Waals surface area contributed by atoms with Crippen LogP contribution >= 0.6 is 23.2 Å². The van der Waals surface area contributed by atoms with Gasteiger partial charge in [-0.3, -0.25) is 23.5 Å². The molecule has 10 heteroatoms. The SMILES string of the molecule is O=C(COC(=O)Cn1c2c(c(=O)n(C3CCCCC3)c1=O)CCC2)Nc1cc(Cl)cc(Cl)c1. The first-order valence-corrected chi connectivity index (χ1v) is 11.9. The van der Waals surface area contributed by atoms with E-state index in [1.807, 2.05) is 0 Å². The number of amides is 1. The largest absolute Gasteiger partial charge is 0.454 e. The lowest BCUT2D eigenvalue weighted by Crippen LogP contribution is -2.46. The first kappa shape index (κ1) is 23.6. The molecule has 2 aliphatic carbocycles. The van der Waals surface area contributed by atoms with Crippen LogP contribution < -0.4 is 16.6 Å². The number of aromatic nitrogens is 2. The molecule has 1 aromatic carbocycles. The second kappa shape index (κ2) is 10.1. The quantitative estimate of drug-likeness (QED) is 0.620. The number of esters is 1. The first-order valence-electron chi connectivity index (χ1n) is 11.1. The number of carbonyl (C=O) groups excluding carboxylic acids is 2. The lowest BCUT2D eigenvalue weighted by Gasteiger charge is -2.25. The Hall–Kier alpha value is -2.58. The number of anilines is 1. The number of rotatable bonds is 6. The lowest BCUT2D eigenvalue weighted by atomic mass is 9.95. The number of nitrogens with zero attached hydrogens (tertiary/aromatic N) is 2. The molecule has 176 valence electrons. The molecule has 0 radical (unpaired) electrons. The van der Waals surface area contributed by atoms with Crippen LogP contribution in [0.1, 0.15) is 55.8 Å². The van der Waals surface area contributed by atoms with E-state index in [-0.39, 0.29) is 18.1 Å². The molecule has 0 saturated heterocycles. The fourth-order valence-corrected chi connectivity index (χ4v) is 5.23. The normalized spacial score (nSPS) is 15.8. The van der Waals surface area contributed by atoms with Gasteiger partial charge in [-0.2, -0.15) is 0 Å². The molecule has 1 aromatic heterocycles. The van der Waals surface area contributed by atoms with Crippen molar-refractivity contribution in [1.29, 1.82) is 0 Å². The summed E-state index contributed by atoms with van der Waals surface area (Å²) in [4.78, 5) is 50.9. The molecule has 1 saturated carbocycles. The number of ether oxygens (including phenoxy) is 1. The Bertz CT molecular complexity index is 1180. The Morgan fingerprint density at radius 2 is 1.70 bits per heavy atom. The number of hydrogen-bond acceptors (Lipinski definition) is 5. The van der Waals surface area contributed by atoms with Gasteiger partial charge < -0.3 is 10.1 Å². The van der Waals surface area contributed by atoms with Crippen molar-refractivity contribution in [2.24, 2.45) is 0 Å². The van der Waals surface area contributed by atoms with Gasteiger partial charge in [-0.1, -0.05) is 42.5 Å². The van der Waals surface area contributed by atoms with Gasteiger partial charge in [-0.25, -0.2) is 4.79 Å². The molecule has 33 heavy (non-hydrogen) atoms. The Balaban J connectivity index is 1.47. The molecular weight excluding hydrogens is 469 g/mol. The van der Waals surface area contributed by atoms with Crippen molar-refractivity contribution >= 4 is 40.8 Å². The van der Waals surface area contributed by atoms with Crippen LogP contribution in [0.4, 0.5) is 5.69 Å². The molecule has 2 aliphatic rings. The van der Waals surface area contributed by atoms with Crippen molar-refractivity contribution in [3.63, 3.8) is 0 Å². The summed E-state index contributed by atoms with van der Waals surface area (Å²) < 4.78 is 7.80. The maximum atomic E-state index is 13.2. The molecule has 0 bridgehead atoms. The number of carbonyl (C=O) groups is 2. The molecule has 4 rings (SSSR count). The van der Waals surface area contributed by atoms with Gasteiger partial charge in [0.25, 0.3) is 11.5 Å². The summed E-state index contributed by atoms with van der Waals surface area (Å²) in [5.41, 5.74) is 0.906. The molecule has 0 unspecified atom stereocenters. The highest BCUT2D eigenvalue weighted by atomic mass is 35.5. The van der Waals surface area contributed by atoms with Crippen LogP contribution in [0.2, 0.25) is 10.0 Å². The van der Waals surface area contributed by atoms with Gasteiger partial charge in [0.05, 0.1) is 0 Å². The standard InChI is InChI=1S/C23H25Cl2N3O5/c24-14-9-15(25)11-16(10-14)26-20(29)13-33-21(30)12-27-19-8-4-7-18(19)22(31)28(23(27)32)17-5-2-1-3-6-17/h9-11,17H,1-8,12-13H2,(H,26,29). The van der Waals surface area contributed by atoms with Crippen LogP contribution in [0.5, 0.6) is 0 Å². The van der Waals surface area contributed by atoms with Crippen molar-refractivity contribution < 1.29 is 14.3 Å². The third-order valence-corrected chi connectivity index (χ3v) is 6.60. The van der Waals surface area contributed by atoms with Crippen LogP contribution in [0.3, 0.4) is 0 Å². The van der Waals surface area contributed by atoms with Gasteiger partial charge in [-0.15, -0.1) is 0 Å². The van der Waals surface area contributed by atoms with E-state index >= 15 is 0 Å². The van der Waals surface area contributed by atoms with Gasteiger partial charge in [0.2, 0.25) is 0 Å². The summed E-state index contributed by atoms with van der Waals surface area (Å²) in [5, 5.41) is 3.27. The third kappa shape index (κ3) is 5.33. The molecule has 1 N–H and O–H groups in total. The summed E-state index contributed by atoms with van der Waals surface area (Å²) in [6.45, 7) is -0.868. The van der Waals surface area contributed by atoms with Gasteiger partial charge in [-0.05, 0) is 50.3 Å². The molecule has 0 spiro atoms. The molecule has 2 aromatic rings. The van der Waals surface area contributed by atoms with Crippen molar-refractivity contribution in [2.45, 2.75) is 64.0 Å². The number of benzene rings is 1. The van der Waals surface area contributed by atoms with E-state index < -0.39 is 24.2 Å². The van der Waals surface area contributed by atoms with Crippen molar-refractivity contribution in [2.75, 3.05) is 11.9 Å². The van der Waals surface area contributed by atoms with Gasteiger partial charge in [0.15, 0.2) is 6.61 Å². The zero-order chi connectivity index (χ0) is 23.5. The zero-order valence-electron chi connectivity index (χ0n) is 18.1. The summed E-state index contributed by atoms with van der Waals surface area (Å²) >= 11 is 11.8. The van der Waals surface area contributed by atoms with Crippen molar-refractivity contribution in [3.8, 4) is 0 Å². The van der Waals surface area contributed by atoms with Crippen molar-refractivity contribution in [1.82, 2.24) is 9.13 Å². The van der Waals surface area contributed by atoms with E-state index in [0.717, 1.165) is 38.5 Å². The molecule has 1 fully saturated rings. The second-order valence-corrected chi connectivity index (χ2v) is 9.35. The average molecular weight is 494 g/mol. The highest BCUT2D eigenvalue weighted by Crippen LogP contribution is 2.27. The molecule has 8 nitrogen and oxygen atoms in total. The Morgan fingerprint density at radius 1 is 1.00 bits per heavy atom. The predicted molar refractivity (Wildman–Crippen MR) is 125 cm³/mol. The minimum absolute atomic E-state index is 0.137. The second-order valence-electron chi connectivity index (χ2n) is 8.48. The smallest absolute Gasteiger partial charge is 0.332 e. The lowest BCUT2D eigenvalue weighted by molar-refractivity contribution is -0.148. The first-order chi connectivity index (χ1) is 15.8. The van der Waals surface area contributed by atoms with Crippen LogP contribution in [0.15, 0.2) is 27.8 Å². The molecular formula is C23H25Cl2N3O5. The predicted octanol–water partition coefficient (Wildman–Crippen LogP) is 3.49. The fourth-order valence-electron chi connectivity index (χ4n) is 4.70. The maximum absolute atomic E-state index is 13.2. The number of halogens is 2. The molecule has 0 atom stereocenters. The van der Waals surface area contributed by atoms with Gasteiger partial charge >= 0.3 is 11.7 Å². The van der Waals surface area contributed by atoms with E-state index in [4.69, 9.17) is 27.9 Å². The number of hydrogen-bond donors (Lipinski definition) is 1. The maximum Gasteiger partial charge on any atom is 0.332 e. The Kier molecular flexibility index (Phi) is 7.24. The molecule has 1 heterocycles. The highest BCUT2D eigenvalue weighted by Gasteiger charge is 2.28. The van der Waals surface area contributed by atoms with Crippen LogP contribution in [0.25, 0.3) is 0 Å². The minimum Gasteiger partial charge on any atom is -0.454 e. The van der Waals surface area contributed by atoms with E-state index in [0.29, 0.717) is 39.8 Å². The van der Waals surface area contributed by atoms with Crippen LogP contribution in [-0.4, -0.2) is 27.6 Å². The molecule has 0 aliphatic heterocycles. The van der Waals surface area contributed by atoms with E-state index in [9.17, 15) is 19.2 Å². The Morgan fingerprint density at radius 3 is 2.39 bits per heavy atom. The average Bonchev–Trinajstić information content (AvgIpc) is 3.26. The summed E-state index contributed by atoms with van der Waals surface area (Å²) in [5.74, 6) is -1.29. The summed E-state index contributed by atoms with van der Waals surface area (Å²) in [7, 11) is 0. The highest BCUT2D eigenvalue weighted by molar-refractivity contribution is 6.35. The van der Waals surface area contributed by atoms with Crippen LogP contribution in [0, 0.1) is 0 Å². The monoisotopic (exact) mass is 493 g/mol. The molecule has 1 amide bonds. The topological polar surface area (TPSA) is 99.4 Å². The van der Waals surface area contributed by atoms with Gasteiger partial charge in [0, 0.05) is 33.0 Å². The van der Waals surface area contributed by atoms with Crippen LogP contribution in [-0.2, 0) is 33.7 Å². The fraction of sp³-hybridized carbons (Fsp3) is 0.478. The van der Waals surface area contributed by atoms with E-state index in [1.165, 1.54) is 27.3 Å². The van der Waals surface area contributed by atoms with E-state index in [1.54, 1.807) is 0 Å². The summed E-state index contributed by atoms with van der Waals surface area (Å²) in [6, 6.07) is 4.43. The number of fused-ring (bicyclic) bond motifs is 1. The summed E-state index contributed by atoms with van der Waals surface area (Å²) in [6.07, 6.45) is 6.54. The third-order valence-electron chi connectivity index (χ3n) is 6.17. The van der Waals surface area contributed by atoms with Crippen molar-refractivity contribution in [3.05, 3.63) is 60.3 Å². The number of nitrogens with one attached hydrogen (secondary N) is 1. The van der Waals surface area contributed by atoms with E-state index in [2.05, 4.69) is 5.32 Å². The zero-order valence-corrected chi connectivity index (χ0v) is 19.6.